The predicted molar refractivity (Wildman–Crippen MR) is 208 cm³/mol. The Kier molecular flexibility index (Phi) is 9.68. The van der Waals surface area contributed by atoms with E-state index in [0.717, 1.165) is 78.1 Å². The Balaban J connectivity index is 1.32. The highest BCUT2D eigenvalue weighted by atomic mass is 16.5. The zero-order chi connectivity index (χ0) is 34.9. The molecule has 0 amide bonds. The molecule has 7 rings (SSSR count). The number of para-hydroxylation sites is 1. The number of aryl methyl sites for hydroxylation is 3. The van der Waals surface area contributed by atoms with Gasteiger partial charge in [-0.05, 0) is 118 Å². The van der Waals surface area contributed by atoms with Crippen molar-refractivity contribution in [3.05, 3.63) is 119 Å². The minimum Gasteiger partial charge on any atom is -0.457 e. The minimum absolute atomic E-state index is 0.417. The molecule has 0 fully saturated rings. The first kappa shape index (κ1) is 33.8. The lowest BCUT2D eigenvalue weighted by molar-refractivity contribution is 0.388. The Hall–Kier alpha value is -4.64. The van der Waals surface area contributed by atoms with E-state index >= 15 is 0 Å². The second-order valence-electron chi connectivity index (χ2n) is 14.8. The van der Waals surface area contributed by atoms with Gasteiger partial charge in [-0.3, -0.25) is 4.57 Å². The smallest absolute Gasteiger partial charge is 0.137 e. The van der Waals surface area contributed by atoms with Gasteiger partial charge < -0.3 is 4.74 Å². The van der Waals surface area contributed by atoms with Crippen LogP contribution in [0.5, 0.6) is 11.5 Å². The first-order chi connectivity index (χ1) is 24.2. The molecule has 3 aromatic carbocycles. The molecule has 0 bridgehead atoms. The zero-order valence-electron chi connectivity index (χ0n) is 31.0. The van der Waals surface area contributed by atoms with Crippen LogP contribution in [0.15, 0.2) is 90.6 Å². The summed E-state index contributed by atoms with van der Waals surface area (Å²) in [6, 6.07) is 25.7. The lowest BCUT2D eigenvalue weighted by atomic mass is 9.71. The number of hydrogen-bond donors (Lipinski definition) is 0. The van der Waals surface area contributed by atoms with E-state index in [-0.39, 0.29) is 0 Å². The summed E-state index contributed by atoms with van der Waals surface area (Å²) in [7, 11) is 0. The second kappa shape index (κ2) is 14.3. The molecule has 1 unspecified atom stereocenters. The van der Waals surface area contributed by atoms with Crippen molar-refractivity contribution in [3.8, 4) is 23.0 Å². The molecule has 6 aromatic rings. The molecule has 1 aliphatic carbocycles. The van der Waals surface area contributed by atoms with Crippen LogP contribution in [-0.2, 0) is 12.8 Å². The van der Waals surface area contributed by atoms with E-state index in [2.05, 4.69) is 131 Å². The second-order valence-corrected chi connectivity index (χ2v) is 14.8. The fourth-order valence-electron chi connectivity index (χ4n) is 8.45. The number of ether oxygens (including phenoxy) is 1. The summed E-state index contributed by atoms with van der Waals surface area (Å²) in [5.74, 6) is 4.16. The third-order valence-corrected chi connectivity index (χ3v) is 10.6. The number of aromatic nitrogens is 4. The summed E-state index contributed by atoms with van der Waals surface area (Å²) in [4.78, 5) is 4.77. The Morgan fingerprint density at radius 1 is 0.780 bits per heavy atom. The van der Waals surface area contributed by atoms with Gasteiger partial charge in [0, 0.05) is 46.3 Å². The van der Waals surface area contributed by atoms with Crippen LogP contribution in [0, 0.1) is 25.7 Å². The number of fused-ring (bicyclic) bond motifs is 3. The summed E-state index contributed by atoms with van der Waals surface area (Å²) in [6.07, 6.45) is 12.3. The van der Waals surface area contributed by atoms with E-state index in [0.29, 0.717) is 17.8 Å². The quantitative estimate of drug-likeness (QED) is 0.129. The fourth-order valence-corrected chi connectivity index (χ4v) is 8.45. The lowest BCUT2D eigenvalue weighted by Gasteiger charge is -2.33. The molecule has 1 aliphatic rings. The largest absolute Gasteiger partial charge is 0.457 e. The Morgan fingerprint density at radius 2 is 1.56 bits per heavy atom. The van der Waals surface area contributed by atoms with Crippen molar-refractivity contribution in [2.75, 3.05) is 0 Å². The SMILES string of the molecule is CCCCc1nn(-c2cc(C)cc(Oc3ccc4c5ccccc5n(-c5cc(C)ccn5)c4c3)c2)c(CCCC)c1C1C(C)=C[C@H](C)C[C@@H]1C. The molecule has 50 heavy (non-hydrogen) atoms. The number of hydrogen-bond acceptors (Lipinski definition) is 3. The molecule has 3 heterocycles. The van der Waals surface area contributed by atoms with E-state index in [4.69, 9.17) is 14.8 Å². The minimum atomic E-state index is 0.417. The van der Waals surface area contributed by atoms with Crippen molar-refractivity contribution < 1.29 is 4.74 Å². The lowest BCUT2D eigenvalue weighted by Crippen LogP contribution is -2.21. The molecule has 3 aromatic heterocycles. The van der Waals surface area contributed by atoms with Gasteiger partial charge in [0.15, 0.2) is 0 Å². The van der Waals surface area contributed by atoms with Crippen molar-refractivity contribution in [1.29, 1.82) is 0 Å². The van der Waals surface area contributed by atoms with Crippen LogP contribution >= 0.6 is 0 Å². The van der Waals surface area contributed by atoms with Gasteiger partial charge in [0.1, 0.15) is 17.3 Å². The first-order valence-electron chi connectivity index (χ1n) is 18.8. The summed E-state index contributed by atoms with van der Waals surface area (Å²) in [5.41, 5.74) is 11.3. The van der Waals surface area contributed by atoms with Gasteiger partial charge >= 0.3 is 0 Å². The van der Waals surface area contributed by atoms with Crippen LogP contribution in [0.1, 0.15) is 101 Å². The standard InChI is InChI=1S/C45H52N4O/c1-8-10-15-39-45(44-32(6)22-30(4)23-33(44)7)41(16-11-9-2)49(47-39)34-24-31(5)25-36(27-34)50-35-18-19-38-37-14-12-13-17-40(37)48(42(38)28-35)43-26-29(3)20-21-46-43/h12-14,17-22,24-28,30,33,44H,8-11,15-16,23H2,1-7H3/t30-,33-,44?/m0/s1. The average Bonchev–Trinajstić information content (AvgIpc) is 3.60. The fraction of sp³-hybridized carbons (Fsp3) is 0.378. The van der Waals surface area contributed by atoms with E-state index in [1.165, 1.54) is 45.3 Å². The van der Waals surface area contributed by atoms with Gasteiger partial charge in [0.2, 0.25) is 0 Å². The molecular formula is C45H52N4O. The van der Waals surface area contributed by atoms with Gasteiger partial charge in [-0.2, -0.15) is 5.10 Å². The molecule has 3 atom stereocenters. The van der Waals surface area contributed by atoms with Crippen molar-refractivity contribution in [2.24, 2.45) is 11.8 Å². The molecule has 0 radical (unpaired) electrons. The summed E-state index contributed by atoms with van der Waals surface area (Å²) < 4.78 is 11.3. The number of benzene rings is 3. The summed E-state index contributed by atoms with van der Waals surface area (Å²) >= 11 is 0. The van der Waals surface area contributed by atoms with Crippen LogP contribution in [0.3, 0.4) is 0 Å². The molecular weight excluding hydrogens is 613 g/mol. The third kappa shape index (κ3) is 6.51. The van der Waals surface area contributed by atoms with E-state index in [9.17, 15) is 0 Å². The van der Waals surface area contributed by atoms with Gasteiger partial charge in [-0.15, -0.1) is 0 Å². The summed E-state index contributed by atoms with van der Waals surface area (Å²) in [5, 5.41) is 7.85. The van der Waals surface area contributed by atoms with Crippen molar-refractivity contribution in [1.82, 2.24) is 19.3 Å². The van der Waals surface area contributed by atoms with E-state index < -0.39 is 0 Å². The monoisotopic (exact) mass is 664 g/mol. The van der Waals surface area contributed by atoms with Crippen molar-refractivity contribution in [2.45, 2.75) is 99.3 Å². The molecule has 0 spiro atoms. The van der Waals surface area contributed by atoms with Gasteiger partial charge in [0.25, 0.3) is 0 Å². The van der Waals surface area contributed by atoms with Crippen molar-refractivity contribution in [3.63, 3.8) is 0 Å². The third-order valence-electron chi connectivity index (χ3n) is 10.6. The van der Waals surface area contributed by atoms with E-state index in [1.807, 2.05) is 12.3 Å². The van der Waals surface area contributed by atoms with Crippen LogP contribution < -0.4 is 4.74 Å². The highest BCUT2D eigenvalue weighted by Gasteiger charge is 2.33. The maximum absolute atomic E-state index is 6.74. The van der Waals surface area contributed by atoms with Crippen molar-refractivity contribution >= 4 is 21.8 Å². The number of allylic oxidation sites excluding steroid dienone is 2. The molecule has 0 saturated heterocycles. The van der Waals surface area contributed by atoms with Crippen LogP contribution in [-0.4, -0.2) is 19.3 Å². The van der Waals surface area contributed by atoms with Crippen LogP contribution in [0.2, 0.25) is 0 Å². The molecule has 5 nitrogen and oxygen atoms in total. The Bertz CT molecular complexity index is 2180. The molecule has 0 N–H and O–H groups in total. The topological polar surface area (TPSA) is 44.9 Å². The zero-order valence-corrected chi connectivity index (χ0v) is 31.0. The number of nitrogens with zero attached hydrogens (tertiary/aromatic N) is 4. The van der Waals surface area contributed by atoms with Gasteiger partial charge in [0.05, 0.1) is 22.4 Å². The Labute approximate surface area is 298 Å². The van der Waals surface area contributed by atoms with Gasteiger partial charge in [-0.25, -0.2) is 9.67 Å². The molecule has 5 heteroatoms. The van der Waals surface area contributed by atoms with Crippen LogP contribution in [0.4, 0.5) is 0 Å². The molecule has 0 saturated carbocycles. The first-order valence-corrected chi connectivity index (χ1v) is 18.8. The maximum Gasteiger partial charge on any atom is 0.137 e. The molecule has 0 aliphatic heterocycles. The number of unbranched alkanes of at least 4 members (excludes halogenated alkanes) is 2. The summed E-state index contributed by atoms with van der Waals surface area (Å²) in [6.45, 7) is 16.0. The maximum atomic E-state index is 6.74. The average molecular weight is 665 g/mol. The highest BCUT2D eigenvalue weighted by Crippen LogP contribution is 2.44. The van der Waals surface area contributed by atoms with Gasteiger partial charge in [-0.1, -0.05) is 70.4 Å². The number of rotatable bonds is 11. The number of pyridine rings is 1. The Morgan fingerprint density at radius 3 is 2.34 bits per heavy atom. The van der Waals surface area contributed by atoms with E-state index in [1.54, 1.807) is 0 Å². The predicted octanol–water partition coefficient (Wildman–Crippen LogP) is 12.2. The molecule has 258 valence electrons. The normalized spacial score (nSPS) is 17.8. The highest BCUT2D eigenvalue weighted by molar-refractivity contribution is 6.09. The van der Waals surface area contributed by atoms with Crippen LogP contribution in [0.25, 0.3) is 33.3 Å².